The Morgan fingerprint density at radius 3 is 1.84 bits per heavy atom. The molecule has 5 heteroatoms. The molecule has 334 valence electrons. The molecular weight excluding hydrogens is 832 g/mol. The maximum absolute atomic E-state index is 7.22. The van der Waals surface area contributed by atoms with E-state index in [1.165, 1.54) is 117 Å². The van der Waals surface area contributed by atoms with E-state index in [4.69, 9.17) is 4.42 Å². The molecule has 0 atom stereocenters. The molecule has 13 rings (SSSR count). The Morgan fingerprint density at radius 2 is 1.13 bits per heavy atom. The maximum Gasteiger partial charge on any atom is 0.333 e. The molecule has 9 aromatic rings. The minimum Gasteiger partial charge on any atom is -0.455 e. The minimum absolute atomic E-state index is 0.0208. The first-order valence-electron chi connectivity index (χ1n) is 24.8. The number of rotatable bonds is 2. The zero-order valence-electron chi connectivity index (χ0n) is 41.2. The fraction of sp³-hybridized carbons (Fsp3) is 0.323. The second-order valence-electron chi connectivity index (χ2n) is 24.2. The van der Waals surface area contributed by atoms with Crippen LogP contribution in [0.1, 0.15) is 130 Å². The molecule has 2 aliphatic heterocycles. The van der Waals surface area contributed by atoms with Crippen molar-refractivity contribution in [3.05, 3.63) is 149 Å². The zero-order valence-corrected chi connectivity index (χ0v) is 42.0. The minimum atomic E-state index is -0.132. The largest absolute Gasteiger partial charge is 0.455 e. The van der Waals surface area contributed by atoms with Crippen LogP contribution in [-0.2, 0) is 27.1 Å². The summed E-state index contributed by atoms with van der Waals surface area (Å²) < 4.78 is 9.85. The fourth-order valence-electron chi connectivity index (χ4n) is 12.9. The number of hydrogen-bond acceptors (Lipinski definition) is 4. The molecule has 67 heavy (non-hydrogen) atoms. The van der Waals surface area contributed by atoms with Gasteiger partial charge in [0.15, 0.2) is 0 Å². The van der Waals surface area contributed by atoms with Gasteiger partial charge in [-0.2, -0.15) is 0 Å². The molecule has 2 aliphatic carbocycles. The van der Waals surface area contributed by atoms with Crippen LogP contribution in [0.15, 0.2) is 126 Å². The van der Waals surface area contributed by atoms with E-state index in [1.807, 2.05) is 11.3 Å². The molecule has 0 N–H and O–H groups in total. The number of nitrogens with zero attached hydrogens (tertiary/aromatic N) is 2. The Hall–Kier alpha value is -5.78. The lowest BCUT2D eigenvalue weighted by molar-refractivity contribution is 0.332. The van der Waals surface area contributed by atoms with Crippen LogP contribution in [0.25, 0.3) is 53.2 Å². The van der Waals surface area contributed by atoms with Crippen molar-refractivity contribution in [2.75, 3.05) is 9.71 Å². The molecule has 0 unspecified atom stereocenters. The monoisotopic (exact) mass is 892 g/mol. The first kappa shape index (κ1) is 41.4. The summed E-state index contributed by atoms with van der Waals surface area (Å²) >= 11 is 1.91. The van der Waals surface area contributed by atoms with Gasteiger partial charge < -0.3 is 14.1 Å². The second-order valence-corrected chi connectivity index (χ2v) is 25.3. The average Bonchev–Trinajstić information content (AvgIpc) is 3.86. The first-order chi connectivity index (χ1) is 31.8. The molecule has 4 heterocycles. The highest BCUT2D eigenvalue weighted by Crippen LogP contribution is 2.56. The van der Waals surface area contributed by atoms with Crippen molar-refractivity contribution in [2.45, 2.75) is 129 Å². The Balaban J connectivity index is 1.22. The van der Waals surface area contributed by atoms with E-state index in [-0.39, 0.29) is 33.9 Å². The van der Waals surface area contributed by atoms with Gasteiger partial charge in [-0.05, 0) is 152 Å². The summed E-state index contributed by atoms with van der Waals surface area (Å²) in [6, 6.07) is 47.5. The highest BCUT2D eigenvalue weighted by molar-refractivity contribution is 7.25. The molecule has 0 saturated heterocycles. The Morgan fingerprint density at radius 1 is 0.522 bits per heavy atom. The summed E-state index contributed by atoms with van der Waals surface area (Å²) in [5, 5.41) is 4.93. The number of thiophene rings is 1. The molecule has 0 spiro atoms. The van der Waals surface area contributed by atoms with Crippen molar-refractivity contribution in [3.63, 3.8) is 0 Å². The molecule has 0 bridgehead atoms. The molecule has 2 aromatic heterocycles. The van der Waals surface area contributed by atoms with E-state index in [2.05, 4.69) is 207 Å². The van der Waals surface area contributed by atoms with Crippen molar-refractivity contribution >= 4 is 99.7 Å². The number of anilines is 5. The molecule has 7 aromatic carbocycles. The van der Waals surface area contributed by atoms with Crippen LogP contribution in [0.5, 0.6) is 0 Å². The number of furan rings is 1. The van der Waals surface area contributed by atoms with Gasteiger partial charge in [-0.25, -0.2) is 0 Å². The molecule has 3 nitrogen and oxygen atoms in total. The first-order valence-corrected chi connectivity index (χ1v) is 25.6. The van der Waals surface area contributed by atoms with Crippen LogP contribution >= 0.6 is 11.3 Å². The van der Waals surface area contributed by atoms with Crippen molar-refractivity contribution in [3.8, 4) is 11.1 Å². The molecule has 4 aliphatic rings. The zero-order chi connectivity index (χ0) is 46.3. The van der Waals surface area contributed by atoms with Crippen LogP contribution < -0.4 is 20.6 Å². The lowest BCUT2D eigenvalue weighted by atomic mass is 9.42. The third-order valence-corrected chi connectivity index (χ3v) is 18.3. The molecular formula is C62H61BN2OS. The fourth-order valence-corrected chi connectivity index (χ4v) is 14.0. The summed E-state index contributed by atoms with van der Waals surface area (Å²) in [7, 11) is 0. The van der Waals surface area contributed by atoms with E-state index in [0.29, 0.717) is 0 Å². The third-order valence-electron chi connectivity index (χ3n) is 17.1. The Kier molecular flexibility index (Phi) is 8.33. The van der Waals surface area contributed by atoms with Crippen molar-refractivity contribution < 1.29 is 4.42 Å². The molecule has 0 radical (unpaired) electrons. The predicted octanol–water partition coefficient (Wildman–Crippen LogP) is 16.7. The van der Waals surface area contributed by atoms with E-state index < -0.39 is 0 Å². The number of para-hydroxylation sites is 1. The average molecular weight is 893 g/mol. The van der Waals surface area contributed by atoms with Crippen molar-refractivity contribution in [2.24, 2.45) is 0 Å². The topological polar surface area (TPSA) is 19.6 Å². The highest BCUT2D eigenvalue weighted by Gasteiger charge is 2.49. The number of fused-ring (bicyclic) bond motifs is 13. The van der Waals surface area contributed by atoms with Crippen molar-refractivity contribution in [1.29, 1.82) is 0 Å². The van der Waals surface area contributed by atoms with Gasteiger partial charge in [0.1, 0.15) is 11.2 Å². The van der Waals surface area contributed by atoms with Crippen LogP contribution in [0.3, 0.4) is 0 Å². The van der Waals surface area contributed by atoms with Gasteiger partial charge in [-0.1, -0.05) is 137 Å². The summed E-state index contributed by atoms with van der Waals surface area (Å²) in [6.45, 7) is 26.6. The van der Waals surface area contributed by atoms with Crippen LogP contribution in [0.4, 0.5) is 28.4 Å². The van der Waals surface area contributed by atoms with Crippen LogP contribution in [0, 0.1) is 0 Å². The second kappa shape index (κ2) is 13.5. The summed E-state index contributed by atoms with van der Waals surface area (Å²) in [5.74, 6) is 0. The van der Waals surface area contributed by atoms with Gasteiger partial charge in [-0.3, -0.25) is 0 Å². The molecule has 0 saturated carbocycles. The smallest absolute Gasteiger partial charge is 0.333 e. The van der Waals surface area contributed by atoms with Gasteiger partial charge in [0.2, 0.25) is 0 Å². The Bertz CT molecular complexity index is 3590. The summed E-state index contributed by atoms with van der Waals surface area (Å²) in [4.78, 5) is 5.40. The van der Waals surface area contributed by atoms with Gasteiger partial charge >= 0.3 is 6.85 Å². The molecule has 0 fully saturated rings. The van der Waals surface area contributed by atoms with Gasteiger partial charge in [0.25, 0.3) is 0 Å². The summed E-state index contributed by atoms with van der Waals surface area (Å²) in [5.41, 5.74) is 20.7. The highest BCUT2D eigenvalue weighted by atomic mass is 32.1. The lowest BCUT2D eigenvalue weighted by Gasteiger charge is -2.49. The van der Waals surface area contributed by atoms with E-state index >= 15 is 0 Å². The quantitative estimate of drug-likeness (QED) is 0.161. The van der Waals surface area contributed by atoms with Gasteiger partial charge in [-0.15, -0.1) is 11.3 Å². The Labute approximate surface area is 400 Å². The molecule has 0 amide bonds. The number of benzene rings is 7. The normalized spacial score (nSPS) is 18.5. The standard InChI is InChI=1S/C62H61BN2OS/c1-58(2,3)36-20-22-37(23-21-36)65-49-35-54-41(40-17-13-15-19-53(40)67-54)31-43(49)55-56-51(32-42-39-16-12-14-18-52(39)66-57(42)55)64(38-24-25-44-45(30-38)60(6,7)27-26-59(44,4)5)50-34-47-46(33-48(50)63(56)65)61(8,9)28-29-62(47,10)11/h12-25,30-35H,26-29H2,1-11H3. The van der Waals surface area contributed by atoms with Crippen molar-refractivity contribution in [1.82, 2.24) is 0 Å². The van der Waals surface area contributed by atoms with E-state index in [9.17, 15) is 0 Å². The third kappa shape index (κ3) is 5.82. The maximum atomic E-state index is 7.22. The van der Waals surface area contributed by atoms with E-state index in [0.717, 1.165) is 29.4 Å². The number of hydrogen-bond donors (Lipinski definition) is 0. The van der Waals surface area contributed by atoms with Crippen LogP contribution in [-0.4, -0.2) is 6.85 Å². The van der Waals surface area contributed by atoms with Gasteiger partial charge in [0.05, 0.1) is 0 Å². The van der Waals surface area contributed by atoms with Gasteiger partial charge in [0, 0.05) is 70.5 Å². The summed E-state index contributed by atoms with van der Waals surface area (Å²) in [6.07, 6.45) is 4.67. The predicted molar refractivity (Wildman–Crippen MR) is 290 cm³/mol. The lowest BCUT2D eigenvalue weighted by Crippen LogP contribution is -2.62. The SMILES string of the molecule is CC(C)(C)c1ccc(N2B3c4cc5c(cc4N(c4ccc6c(c4)C(C)(C)CCC6(C)C)c4cc6c(oc7ccccc76)c(c43)-c3cc4c(cc32)sc2ccccc24)C(C)(C)CCC5(C)C)cc1. The van der Waals surface area contributed by atoms with Crippen LogP contribution in [0.2, 0.25) is 0 Å². The van der Waals surface area contributed by atoms with E-state index in [1.54, 1.807) is 0 Å².